The van der Waals surface area contributed by atoms with Gasteiger partial charge in [0, 0.05) is 29.3 Å². The van der Waals surface area contributed by atoms with E-state index >= 15 is 0 Å². The van der Waals surface area contributed by atoms with Gasteiger partial charge in [0.1, 0.15) is 11.4 Å². The van der Waals surface area contributed by atoms with Crippen LogP contribution in [0.4, 0.5) is 13.9 Å². The molecule has 8 nitrogen and oxygen atoms in total. The number of alkyl halides is 2. The Morgan fingerprint density at radius 3 is 2.81 bits per heavy atom. The van der Waals surface area contributed by atoms with Gasteiger partial charge >= 0.3 is 0 Å². The number of nitriles is 1. The van der Waals surface area contributed by atoms with Crippen LogP contribution in [0.5, 0.6) is 5.75 Å². The molecule has 1 aromatic carbocycles. The number of hydrogen-bond donors (Lipinski definition) is 2. The molecule has 3 aromatic rings. The number of hydrogen-bond acceptors (Lipinski definition) is 7. The van der Waals surface area contributed by atoms with Crippen molar-refractivity contribution in [2.24, 2.45) is 0 Å². The number of nitrogens with zero attached hydrogens (tertiary/aromatic N) is 3. The summed E-state index contributed by atoms with van der Waals surface area (Å²) < 4.78 is 32.3. The van der Waals surface area contributed by atoms with Crippen LogP contribution in [-0.2, 0) is 10.2 Å². The molecule has 0 saturated heterocycles. The first kappa shape index (κ1) is 23.8. The van der Waals surface area contributed by atoms with Gasteiger partial charge in [-0.2, -0.15) is 5.26 Å². The zero-order valence-corrected chi connectivity index (χ0v) is 20.0. The Balaban J connectivity index is 1.19. The number of rotatable bonds is 6. The van der Waals surface area contributed by atoms with Gasteiger partial charge in [0.05, 0.1) is 41.9 Å². The van der Waals surface area contributed by atoms with E-state index < -0.39 is 29.1 Å². The zero-order chi connectivity index (χ0) is 25.5. The molecule has 2 aromatic heterocycles. The Labute approximate surface area is 209 Å². The fraction of sp³-hybridized carbons (Fsp3) is 0.320. The fourth-order valence-corrected chi connectivity index (χ4v) is 4.76. The third-order valence-corrected chi connectivity index (χ3v) is 7.08. The lowest BCUT2D eigenvalue weighted by Crippen LogP contribution is -2.33. The minimum atomic E-state index is -2.71. The van der Waals surface area contributed by atoms with Gasteiger partial charge in [0.2, 0.25) is 5.91 Å². The van der Waals surface area contributed by atoms with E-state index in [9.17, 15) is 23.6 Å². The van der Waals surface area contributed by atoms with Crippen molar-refractivity contribution < 1.29 is 23.1 Å². The average molecular weight is 510 g/mol. The lowest BCUT2D eigenvalue weighted by molar-refractivity contribution is -0.115. The smallest absolute Gasteiger partial charge is 0.257 e. The molecule has 2 atom stereocenters. The summed E-state index contributed by atoms with van der Waals surface area (Å²) in [6.07, 6.45) is 0.317. The number of nitrogens with one attached hydrogen (secondary N) is 2. The minimum Gasteiger partial charge on any atom is -0.493 e. The van der Waals surface area contributed by atoms with E-state index in [2.05, 4.69) is 26.7 Å². The number of fused-ring (bicyclic) bond motifs is 1. The second-order valence-electron chi connectivity index (χ2n) is 8.99. The van der Waals surface area contributed by atoms with Crippen LogP contribution in [0.3, 0.4) is 0 Å². The number of pyridine rings is 1. The van der Waals surface area contributed by atoms with E-state index in [4.69, 9.17) is 4.74 Å². The highest BCUT2D eigenvalue weighted by atomic mass is 32.1. The molecule has 1 saturated carbocycles. The maximum absolute atomic E-state index is 13.4. The van der Waals surface area contributed by atoms with Crippen molar-refractivity contribution >= 4 is 28.3 Å². The molecular weight excluding hydrogens is 488 g/mol. The summed E-state index contributed by atoms with van der Waals surface area (Å²) in [5.74, 6) is -3.94. The lowest BCUT2D eigenvalue weighted by Gasteiger charge is -2.30. The Kier molecular flexibility index (Phi) is 5.92. The van der Waals surface area contributed by atoms with Crippen molar-refractivity contribution in [1.82, 2.24) is 15.3 Å². The highest BCUT2D eigenvalue weighted by Gasteiger charge is 2.58. The van der Waals surface area contributed by atoms with E-state index in [1.54, 1.807) is 48.7 Å². The third kappa shape index (κ3) is 4.64. The average Bonchev–Trinajstić information content (AvgIpc) is 3.28. The van der Waals surface area contributed by atoms with E-state index in [0.717, 1.165) is 11.3 Å². The Morgan fingerprint density at radius 2 is 2.06 bits per heavy atom. The molecule has 0 spiro atoms. The molecule has 11 heteroatoms. The zero-order valence-electron chi connectivity index (χ0n) is 19.2. The molecule has 0 unspecified atom stereocenters. The van der Waals surface area contributed by atoms with Crippen molar-refractivity contribution in [3.8, 4) is 23.2 Å². The summed E-state index contributed by atoms with van der Waals surface area (Å²) in [7, 11) is 0. The number of halogens is 2. The molecule has 184 valence electrons. The predicted octanol–water partition coefficient (Wildman–Crippen LogP) is 4.26. The third-order valence-electron chi connectivity index (χ3n) is 6.32. The van der Waals surface area contributed by atoms with Gasteiger partial charge in [-0.3, -0.25) is 14.6 Å². The SMILES string of the molecule is C[C@@]1(C#N)CCOc2ccc(C(=O)NCC(=O)Nc3nc(-c4cccc([C@H]5CC5(F)F)n4)cs3)cc21. The molecule has 2 amide bonds. The van der Waals surface area contributed by atoms with Gasteiger partial charge in [0.15, 0.2) is 5.13 Å². The van der Waals surface area contributed by atoms with Crippen LogP contribution >= 0.6 is 11.3 Å². The van der Waals surface area contributed by atoms with Crippen LogP contribution < -0.4 is 15.4 Å². The van der Waals surface area contributed by atoms with Crippen LogP contribution in [0.2, 0.25) is 0 Å². The van der Waals surface area contributed by atoms with Crippen molar-refractivity contribution in [2.75, 3.05) is 18.5 Å². The molecular formula is C25H21F2N5O3S. The number of carbonyl (C=O) groups excluding carboxylic acids is 2. The monoisotopic (exact) mass is 509 g/mol. The van der Waals surface area contributed by atoms with Gasteiger partial charge in [-0.05, 0) is 37.3 Å². The summed E-state index contributed by atoms with van der Waals surface area (Å²) in [5.41, 5.74) is 1.44. The molecule has 3 heterocycles. The number of thiazole rings is 1. The Hall–Kier alpha value is -3.91. The Bertz CT molecular complexity index is 1400. The van der Waals surface area contributed by atoms with Crippen LogP contribution in [0.25, 0.3) is 11.4 Å². The van der Waals surface area contributed by atoms with Gasteiger partial charge in [-0.15, -0.1) is 11.3 Å². The standard InChI is InChI=1S/C25H21F2N5O3S/c1-24(13-28)7-8-35-20-6-5-14(9-15(20)24)22(34)29-11-21(33)32-23-31-19(12-36-23)18-4-2-3-17(30-18)16-10-25(16,26)27/h2-6,9,12,16H,7-8,10-11H2,1H3,(H,29,34)(H,31,32,33)/t16-,24+/m1/s1. The van der Waals surface area contributed by atoms with E-state index in [-0.39, 0.29) is 13.0 Å². The number of ether oxygens (including phenoxy) is 1. The van der Waals surface area contributed by atoms with Crippen LogP contribution in [0, 0.1) is 11.3 Å². The first-order valence-electron chi connectivity index (χ1n) is 11.3. The highest BCUT2D eigenvalue weighted by molar-refractivity contribution is 7.14. The van der Waals surface area contributed by atoms with Crippen molar-refractivity contribution in [1.29, 1.82) is 5.26 Å². The molecule has 0 radical (unpaired) electrons. The highest BCUT2D eigenvalue weighted by Crippen LogP contribution is 2.55. The lowest BCUT2D eigenvalue weighted by atomic mass is 9.78. The van der Waals surface area contributed by atoms with Crippen LogP contribution in [-0.4, -0.2) is 40.9 Å². The first-order valence-corrected chi connectivity index (χ1v) is 12.1. The number of amides is 2. The van der Waals surface area contributed by atoms with Gasteiger partial charge in [-0.1, -0.05) is 6.07 Å². The van der Waals surface area contributed by atoms with Crippen molar-refractivity contribution in [3.05, 3.63) is 58.6 Å². The summed E-state index contributed by atoms with van der Waals surface area (Å²) >= 11 is 1.16. The molecule has 1 aliphatic carbocycles. The first-order chi connectivity index (χ1) is 17.2. The molecule has 36 heavy (non-hydrogen) atoms. The summed E-state index contributed by atoms with van der Waals surface area (Å²) in [6.45, 7) is 1.94. The van der Waals surface area contributed by atoms with Crippen LogP contribution in [0.1, 0.15) is 47.3 Å². The minimum absolute atomic E-state index is 0.204. The number of carbonyl (C=O) groups is 2. The quantitative estimate of drug-likeness (QED) is 0.513. The molecule has 0 bridgehead atoms. The second kappa shape index (κ2) is 8.95. The number of anilines is 1. The summed E-state index contributed by atoms with van der Waals surface area (Å²) in [5, 5.41) is 16.7. The van der Waals surface area contributed by atoms with Gasteiger partial charge in [-0.25, -0.2) is 13.8 Å². The second-order valence-corrected chi connectivity index (χ2v) is 9.85. The van der Waals surface area contributed by atoms with E-state index in [1.807, 2.05) is 0 Å². The predicted molar refractivity (Wildman–Crippen MR) is 128 cm³/mol. The number of benzene rings is 1. The van der Waals surface area contributed by atoms with Crippen molar-refractivity contribution in [2.45, 2.75) is 37.0 Å². The largest absolute Gasteiger partial charge is 0.493 e. The van der Waals surface area contributed by atoms with E-state index in [1.165, 1.54) is 0 Å². The van der Waals surface area contributed by atoms with Crippen molar-refractivity contribution in [3.63, 3.8) is 0 Å². The molecule has 1 aliphatic heterocycles. The summed E-state index contributed by atoms with van der Waals surface area (Å²) in [6, 6.07) is 12.1. The normalized spacial score (nSPS) is 21.4. The molecule has 2 N–H and O–H groups in total. The van der Waals surface area contributed by atoms with E-state index in [0.29, 0.717) is 52.1 Å². The maximum Gasteiger partial charge on any atom is 0.257 e. The van der Waals surface area contributed by atoms with Crippen LogP contribution in [0.15, 0.2) is 41.8 Å². The molecule has 2 aliphatic rings. The topological polar surface area (TPSA) is 117 Å². The van der Waals surface area contributed by atoms with Gasteiger partial charge < -0.3 is 15.4 Å². The number of aromatic nitrogens is 2. The Morgan fingerprint density at radius 1 is 1.25 bits per heavy atom. The summed E-state index contributed by atoms with van der Waals surface area (Å²) in [4.78, 5) is 33.6. The molecule has 5 rings (SSSR count). The molecule has 1 fully saturated rings. The van der Waals surface area contributed by atoms with Gasteiger partial charge in [0.25, 0.3) is 11.8 Å². The fourth-order valence-electron chi connectivity index (χ4n) is 4.04. The maximum atomic E-state index is 13.4.